The molecular formula is C28H31BrN2O3. The normalized spacial score (nSPS) is 11.5. The molecule has 0 unspecified atom stereocenters. The minimum absolute atomic E-state index is 0.152. The number of aryl methyl sites for hydroxylation is 2. The van der Waals surface area contributed by atoms with Gasteiger partial charge in [-0.25, -0.2) is 0 Å². The fraction of sp³-hybridized carbons (Fsp3) is 0.286. The highest BCUT2D eigenvalue weighted by Crippen LogP contribution is 2.20. The number of hydrogen-bond acceptors (Lipinski definition) is 3. The highest BCUT2D eigenvalue weighted by Gasteiger charge is 2.30. The molecule has 0 aliphatic rings. The Balaban J connectivity index is 1.89. The van der Waals surface area contributed by atoms with Crippen LogP contribution in [0.3, 0.4) is 0 Å². The molecule has 0 heterocycles. The third-order valence-corrected chi connectivity index (χ3v) is 6.20. The predicted octanol–water partition coefficient (Wildman–Crippen LogP) is 5.22. The van der Waals surface area contributed by atoms with Crippen LogP contribution in [-0.4, -0.2) is 35.9 Å². The zero-order valence-corrected chi connectivity index (χ0v) is 21.5. The summed E-state index contributed by atoms with van der Waals surface area (Å²) in [7, 11) is 0. The van der Waals surface area contributed by atoms with Crippen molar-refractivity contribution in [3.8, 4) is 5.75 Å². The Morgan fingerprint density at radius 2 is 1.68 bits per heavy atom. The molecule has 5 nitrogen and oxygen atoms in total. The van der Waals surface area contributed by atoms with Crippen LogP contribution in [0.4, 0.5) is 0 Å². The smallest absolute Gasteiger partial charge is 0.261 e. The highest BCUT2D eigenvalue weighted by molar-refractivity contribution is 9.10. The Bertz CT molecular complexity index is 1120. The highest BCUT2D eigenvalue weighted by atomic mass is 79.9. The van der Waals surface area contributed by atoms with Crippen molar-refractivity contribution < 1.29 is 14.3 Å². The van der Waals surface area contributed by atoms with Gasteiger partial charge in [0.15, 0.2) is 6.61 Å². The Kier molecular flexibility index (Phi) is 9.28. The second kappa shape index (κ2) is 12.4. The number of halogens is 1. The molecular weight excluding hydrogens is 492 g/mol. The van der Waals surface area contributed by atoms with Gasteiger partial charge in [0, 0.05) is 24.0 Å². The molecule has 0 aromatic heterocycles. The Labute approximate surface area is 210 Å². The van der Waals surface area contributed by atoms with Gasteiger partial charge in [0.2, 0.25) is 5.91 Å². The second-order valence-electron chi connectivity index (χ2n) is 8.29. The van der Waals surface area contributed by atoms with E-state index in [1.54, 1.807) is 4.90 Å². The number of benzene rings is 3. The van der Waals surface area contributed by atoms with E-state index in [0.717, 1.165) is 26.7 Å². The molecule has 0 saturated heterocycles. The lowest BCUT2D eigenvalue weighted by Crippen LogP contribution is -2.51. The van der Waals surface area contributed by atoms with Gasteiger partial charge in [-0.1, -0.05) is 64.5 Å². The monoisotopic (exact) mass is 522 g/mol. The lowest BCUT2D eigenvalue weighted by Gasteiger charge is -2.31. The molecule has 3 aromatic carbocycles. The maximum absolute atomic E-state index is 13.5. The molecule has 0 spiro atoms. The van der Waals surface area contributed by atoms with Crippen LogP contribution in [0.2, 0.25) is 0 Å². The number of ether oxygens (including phenoxy) is 1. The average Bonchev–Trinajstić information content (AvgIpc) is 2.82. The van der Waals surface area contributed by atoms with Gasteiger partial charge in [-0.15, -0.1) is 0 Å². The minimum Gasteiger partial charge on any atom is -0.484 e. The number of rotatable bonds is 10. The van der Waals surface area contributed by atoms with Crippen LogP contribution in [-0.2, 0) is 22.6 Å². The van der Waals surface area contributed by atoms with Crippen LogP contribution in [0.1, 0.15) is 29.2 Å². The van der Waals surface area contributed by atoms with Gasteiger partial charge in [-0.2, -0.15) is 0 Å². The van der Waals surface area contributed by atoms with Gasteiger partial charge in [0.25, 0.3) is 5.91 Å². The Morgan fingerprint density at radius 3 is 2.35 bits per heavy atom. The van der Waals surface area contributed by atoms with Crippen molar-refractivity contribution in [3.63, 3.8) is 0 Å². The number of amides is 2. The van der Waals surface area contributed by atoms with Crippen LogP contribution in [0.5, 0.6) is 5.75 Å². The molecule has 0 fully saturated rings. The summed E-state index contributed by atoms with van der Waals surface area (Å²) >= 11 is 3.50. The largest absolute Gasteiger partial charge is 0.484 e. The van der Waals surface area contributed by atoms with Crippen molar-refractivity contribution in [3.05, 3.63) is 99.5 Å². The molecule has 1 N–H and O–H groups in total. The standard InChI is InChI=1S/C28H31BrN2O3/c1-4-30-28(33)26(17-22-9-6-5-7-10-22)31(18-23-11-8-12-24(29)16-23)27(32)19-34-25-14-13-20(2)21(3)15-25/h5-16,26H,4,17-19H2,1-3H3,(H,30,33)/t26-/m0/s1. The third-order valence-electron chi connectivity index (χ3n) is 5.70. The van der Waals surface area contributed by atoms with E-state index in [1.807, 2.05) is 93.6 Å². The summed E-state index contributed by atoms with van der Waals surface area (Å²) in [6.45, 7) is 6.55. The van der Waals surface area contributed by atoms with E-state index < -0.39 is 6.04 Å². The number of carbonyl (C=O) groups is 2. The van der Waals surface area contributed by atoms with Gasteiger partial charge < -0.3 is 15.0 Å². The number of nitrogens with zero attached hydrogens (tertiary/aromatic N) is 1. The van der Waals surface area contributed by atoms with Gasteiger partial charge in [-0.05, 0) is 67.3 Å². The van der Waals surface area contributed by atoms with Gasteiger partial charge in [0.1, 0.15) is 11.8 Å². The molecule has 0 aliphatic carbocycles. The molecule has 0 bridgehead atoms. The van der Waals surface area contributed by atoms with Crippen LogP contribution >= 0.6 is 15.9 Å². The summed E-state index contributed by atoms with van der Waals surface area (Å²) in [6, 6.07) is 22.6. The fourth-order valence-corrected chi connectivity index (χ4v) is 4.16. The molecule has 0 saturated carbocycles. The first-order chi connectivity index (χ1) is 16.4. The number of likely N-dealkylation sites (N-methyl/N-ethyl adjacent to an activating group) is 1. The first kappa shape index (κ1) is 25.5. The van der Waals surface area contributed by atoms with Crippen LogP contribution in [0, 0.1) is 13.8 Å². The molecule has 3 rings (SSSR count). The molecule has 0 aliphatic heterocycles. The summed E-state index contributed by atoms with van der Waals surface area (Å²) in [4.78, 5) is 28.3. The first-order valence-electron chi connectivity index (χ1n) is 11.4. The molecule has 1 atom stereocenters. The SMILES string of the molecule is CCNC(=O)[C@H](Cc1ccccc1)N(Cc1cccc(Br)c1)C(=O)COc1ccc(C)c(C)c1. The molecule has 3 aromatic rings. The van der Waals surface area contributed by atoms with E-state index >= 15 is 0 Å². The van der Waals surface area contributed by atoms with E-state index in [9.17, 15) is 9.59 Å². The van der Waals surface area contributed by atoms with Crippen LogP contribution < -0.4 is 10.1 Å². The summed E-state index contributed by atoms with van der Waals surface area (Å²) in [5.41, 5.74) is 4.17. The van der Waals surface area contributed by atoms with E-state index in [-0.39, 0.29) is 18.4 Å². The fourth-order valence-electron chi connectivity index (χ4n) is 3.71. The van der Waals surface area contributed by atoms with Crippen molar-refractivity contribution in [2.45, 2.75) is 39.8 Å². The summed E-state index contributed by atoms with van der Waals surface area (Å²) in [5.74, 6) is 0.211. The third kappa shape index (κ3) is 7.19. The average molecular weight is 523 g/mol. The summed E-state index contributed by atoms with van der Waals surface area (Å²) in [6.07, 6.45) is 0.413. The molecule has 0 radical (unpaired) electrons. The topological polar surface area (TPSA) is 58.6 Å². The summed E-state index contributed by atoms with van der Waals surface area (Å²) in [5, 5.41) is 2.90. The zero-order valence-electron chi connectivity index (χ0n) is 19.9. The quantitative estimate of drug-likeness (QED) is 0.397. The number of carbonyl (C=O) groups excluding carboxylic acids is 2. The van der Waals surface area contributed by atoms with E-state index in [1.165, 1.54) is 0 Å². The molecule has 2 amide bonds. The summed E-state index contributed by atoms with van der Waals surface area (Å²) < 4.78 is 6.77. The van der Waals surface area contributed by atoms with Gasteiger partial charge in [0.05, 0.1) is 0 Å². The lowest BCUT2D eigenvalue weighted by molar-refractivity contribution is -0.142. The molecule has 178 valence electrons. The molecule has 34 heavy (non-hydrogen) atoms. The predicted molar refractivity (Wildman–Crippen MR) is 139 cm³/mol. The Hall–Kier alpha value is -3.12. The van der Waals surface area contributed by atoms with Crippen molar-refractivity contribution in [2.75, 3.05) is 13.2 Å². The van der Waals surface area contributed by atoms with Crippen molar-refractivity contribution >= 4 is 27.7 Å². The van der Waals surface area contributed by atoms with E-state index in [4.69, 9.17) is 4.74 Å². The Morgan fingerprint density at radius 1 is 0.941 bits per heavy atom. The van der Waals surface area contributed by atoms with Crippen molar-refractivity contribution in [2.24, 2.45) is 0 Å². The van der Waals surface area contributed by atoms with E-state index in [2.05, 4.69) is 21.2 Å². The maximum Gasteiger partial charge on any atom is 0.261 e. The molecule has 6 heteroatoms. The number of nitrogens with one attached hydrogen (secondary N) is 1. The van der Waals surface area contributed by atoms with Crippen LogP contribution in [0.15, 0.2) is 77.3 Å². The maximum atomic E-state index is 13.5. The van der Waals surface area contributed by atoms with Crippen molar-refractivity contribution in [1.29, 1.82) is 0 Å². The first-order valence-corrected chi connectivity index (χ1v) is 12.2. The zero-order chi connectivity index (χ0) is 24.5. The number of hydrogen-bond donors (Lipinski definition) is 1. The minimum atomic E-state index is -0.669. The van der Waals surface area contributed by atoms with Crippen molar-refractivity contribution in [1.82, 2.24) is 10.2 Å². The van der Waals surface area contributed by atoms with Gasteiger partial charge >= 0.3 is 0 Å². The second-order valence-corrected chi connectivity index (χ2v) is 9.20. The van der Waals surface area contributed by atoms with Gasteiger partial charge in [-0.3, -0.25) is 9.59 Å². The lowest BCUT2D eigenvalue weighted by atomic mass is 10.0. The van der Waals surface area contributed by atoms with E-state index in [0.29, 0.717) is 25.3 Å². The van der Waals surface area contributed by atoms with Crippen LogP contribution in [0.25, 0.3) is 0 Å².